The Balaban J connectivity index is 0.00000242. The number of piperidine rings is 1. The highest BCUT2D eigenvalue weighted by Gasteiger charge is 2.22. The molecule has 2 aliphatic rings. The van der Waals surface area contributed by atoms with Gasteiger partial charge in [0.25, 0.3) is 0 Å². The highest BCUT2D eigenvalue weighted by Crippen LogP contribution is 2.28. The summed E-state index contributed by atoms with van der Waals surface area (Å²) in [5.41, 5.74) is 0. The van der Waals surface area contributed by atoms with Crippen LogP contribution in [-0.2, 0) is 4.74 Å². The minimum absolute atomic E-state index is 0. The van der Waals surface area contributed by atoms with Crippen LogP contribution in [0.25, 0.3) is 0 Å². The molecule has 1 aliphatic carbocycles. The largest absolute Gasteiger partial charge is 0.389 e. The van der Waals surface area contributed by atoms with Crippen LogP contribution in [0.5, 0.6) is 0 Å². The maximum Gasteiger partial charge on any atom is 0.194 e. The molecule has 0 amide bonds. The molecule has 22 heavy (non-hydrogen) atoms. The third-order valence-corrected chi connectivity index (χ3v) is 4.10. The van der Waals surface area contributed by atoms with E-state index >= 15 is 0 Å². The minimum atomic E-state index is -0.500. The number of nitrogens with zero attached hydrogens (tertiary/aromatic N) is 2. The predicted molar refractivity (Wildman–Crippen MR) is 101 cm³/mol. The molecule has 130 valence electrons. The Morgan fingerprint density at radius 3 is 2.82 bits per heavy atom. The van der Waals surface area contributed by atoms with E-state index < -0.39 is 6.10 Å². The van der Waals surface area contributed by atoms with Crippen LogP contribution in [0.3, 0.4) is 0 Å². The van der Waals surface area contributed by atoms with Crippen LogP contribution in [-0.4, -0.2) is 61.5 Å². The monoisotopic (exact) mass is 425 g/mol. The maximum atomic E-state index is 9.97. The SMILES string of the molecule is CCNC(=NCC(O)COCC1CC1)N1CCCC(C)C1.I. The van der Waals surface area contributed by atoms with Gasteiger partial charge in [-0.15, -0.1) is 24.0 Å². The lowest BCUT2D eigenvalue weighted by Gasteiger charge is -2.33. The van der Waals surface area contributed by atoms with Crippen LogP contribution >= 0.6 is 24.0 Å². The lowest BCUT2D eigenvalue weighted by atomic mass is 10.0. The Morgan fingerprint density at radius 1 is 1.41 bits per heavy atom. The number of ether oxygens (including phenoxy) is 1. The first-order valence-electron chi connectivity index (χ1n) is 8.48. The molecule has 0 bridgehead atoms. The van der Waals surface area contributed by atoms with Crippen molar-refractivity contribution < 1.29 is 9.84 Å². The normalized spacial score (nSPS) is 23.9. The van der Waals surface area contributed by atoms with Crippen LogP contribution in [0.1, 0.15) is 39.5 Å². The molecule has 2 fully saturated rings. The molecule has 5 nitrogen and oxygen atoms in total. The van der Waals surface area contributed by atoms with E-state index in [0.29, 0.717) is 13.2 Å². The molecule has 0 spiro atoms. The number of guanidine groups is 1. The van der Waals surface area contributed by atoms with Gasteiger partial charge >= 0.3 is 0 Å². The maximum absolute atomic E-state index is 9.97. The fourth-order valence-corrected chi connectivity index (χ4v) is 2.71. The van der Waals surface area contributed by atoms with E-state index in [4.69, 9.17) is 4.74 Å². The number of likely N-dealkylation sites (tertiary alicyclic amines) is 1. The van der Waals surface area contributed by atoms with E-state index in [9.17, 15) is 5.11 Å². The lowest BCUT2D eigenvalue weighted by molar-refractivity contribution is 0.0367. The summed E-state index contributed by atoms with van der Waals surface area (Å²) in [6.45, 7) is 8.95. The standard InChI is InChI=1S/C16H31N3O2.HI/c1-3-17-16(19-8-4-5-13(2)10-19)18-9-15(20)12-21-11-14-6-7-14;/h13-15,20H,3-12H2,1-2H3,(H,17,18);1H. The van der Waals surface area contributed by atoms with Crippen LogP contribution in [0.2, 0.25) is 0 Å². The van der Waals surface area contributed by atoms with Crippen molar-refractivity contribution in [1.29, 1.82) is 0 Å². The number of hydrogen-bond acceptors (Lipinski definition) is 3. The second kappa shape index (κ2) is 10.6. The molecule has 0 aromatic heterocycles. The van der Waals surface area contributed by atoms with E-state index in [2.05, 4.69) is 29.1 Å². The molecule has 1 aliphatic heterocycles. The van der Waals surface area contributed by atoms with E-state index in [1.165, 1.54) is 25.7 Å². The van der Waals surface area contributed by atoms with Gasteiger partial charge in [0.1, 0.15) is 0 Å². The number of halogens is 1. The molecular formula is C16H32IN3O2. The minimum Gasteiger partial charge on any atom is -0.389 e. The molecule has 6 heteroatoms. The van der Waals surface area contributed by atoms with Crippen molar-refractivity contribution in [2.24, 2.45) is 16.8 Å². The third kappa shape index (κ3) is 7.46. The average molecular weight is 425 g/mol. The first-order chi connectivity index (χ1) is 10.2. The summed E-state index contributed by atoms with van der Waals surface area (Å²) in [6, 6.07) is 0. The van der Waals surface area contributed by atoms with Crippen molar-refractivity contribution in [3.8, 4) is 0 Å². The number of aliphatic hydroxyl groups excluding tert-OH is 1. The fourth-order valence-electron chi connectivity index (χ4n) is 2.71. The number of hydrogen-bond donors (Lipinski definition) is 2. The number of nitrogens with one attached hydrogen (secondary N) is 1. The van der Waals surface area contributed by atoms with E-state index in [1.807, 2.05) is 0 Å². The zero-order valence-corrected chi connectivity index (χ0v) is 16.3. The highest BCUT2D eigenvalue weighted by molar-refractivity contribution is 14.0. The summed E-state index contributed by atoms with van der Waals surface area (Å²) in [5.74, 6) is 2.40. The Kier molecular flexibility index (Phi) is 9.66. The highest BCUT2D eigenvalue weighted by atomic mass is 127. The van der Waals surface area contributed by atoms with Gasteiger partial charge in [-0.2, -0.15) is 0 Å². The van der Waals surface area contributed by atoms with Crippen LogP contribution in [0.15, 0.2) is 4.99 Å². The third-order valence-electron chi connectivity index (χ3n) is 4.10. The molecule has 1 heterocycles. The molecule has 0 radical (unpaired) electrons. The van der Waals surface area contributed by atoms with E-state index in [0.717, 1.165) is 44.0 Å². The summed E-state index contributed by atoms with van der Waals surface area (Å²) in [5, 5.41) is 13.3. The van der Waals surface area contributed by atoms with Gasteiger partial charge in [-0.25, -0.2) is 0 Å². The van der Waals surface area contributed by atoms with Crippen molar-refractivity contribution >= 4 is 29.9 Å². The van der Waals surface area contributed by atoms with Gasteiger partial charge in [0.05, 0.1) is 19.3 Å². The zero-order valence-electron chi connectivity index (χ0n) is 14.0. The molecule has 0 aromatic carbocycles. The summed E-state index contributed by atoms with van der Waals surface area (Å²) in [7, 11) is 0. The molecule has 2 rings (SSSR count). The molecule has 2 unspecified atom stereocenters. The van der Waals surface area contributed by atoms with Gasteiger partial charge in [0.2, 0.25) is 0 Å². The molecule has 1 saturated carbocycles. The summed E-state index contributed by atoms with van der Waals surface area (Å²) in [4.78, 5) is 6.90. The smallest absolute Gasteiger partial charge is 0.194 e. The molecule has 2 N–H and O–H groups in total. The van der Waals surface area contributed by atoms with Crippen molar-refractivity contribution in [3.63, 3.8) is 0 Å². The summed E-state index contributed by atoms with van der Waals surface area (Å²) in [6.07, 6.45) is 4.59. The van der Waals surface area contributed by atoms with Crippen molar-refractivity contribution in [3.05, 3.63) is 0 Å². The number of aliphatic hydroxyl groups is 1. The van der Waals surface area contributed by atoms with Crippen LogP contribution in [0.4, 0.5) is 0 Å². The van der Waals surface area contributed by atoms with Gasteiger partial charge in [-0.1, -0.05) is 6.92 Å². The van der Waals surface area contributed by atoms with Gasteiger partial charge in [0.15, 0.2) is 5.96 Å². The second-order valence-electron chi connectivity index (χ2n) is 6.52. The van der Waals surface area contributed by atoms with Crippen molar-refractivity contribution in [1.82, 2.24) is 10.2 Å². The zero-order chi connectivity index (χ0) is 15.1. The molecular weight excluding hydrogens is 393 g/mol. The van der Waals surface area contributed by atoms with E-state index in [-0.39, 0.29) is 24.0 Å². The Morgan fingerprint density at radius 2 is 2.18 bits per heavy atom. The quantitative estimate of drug-likeness (QED) is 0.373. The van der Waals surface area contributed by atoms with Gasteiger partial charge in [0, 0.05) is 26.2 Å². The molecule has 2 atom stereocenters. The second-order valence-corrected chi connectivity index (χ2v) is 6.52. The Bertz CT molecular complexity index is 337. The Labute approximate surface area is 151 Å². The van der Waals surface area contributed by atoms with Crippen LogP contribution < -0.4 is 5.32 Å². The van der Waals surface area contributed by atoms with Crippen molar-refractivity contribution in [2.75, 3.05) is 39.4 Å². The lowest BCUT2D eigenvalue weighted by Crippen LogP contribution is -2.46. The number of aliphatic imine (C=N–C) groups is 1. The Hall–Kier alpha value is -0.0800. The summed E-state index contributed by atoms with van der Waals surface area (Å²) >= 11 is 0. The van der Waals surface area contributed by atoms with Crippen LogP contribution in [0, 0.1) is 11.8 Å². The number of rotatable bonds is 7. The fraction of sp³-hybridized carbons (Fsp3) is 0.938. The predicted octanol–water partition coefficient (Wildman–Crippen LogP) is 2.09. The first kappa shape index (κ1) is 20.0. The molecule has 0 aromatic rings. The van der Waals surface area contributed by atoms with Gasteiger partial charge in [-0.3, -0.25) is 4.99 Å². The van der Waals surface area contributed by atoms with E-state index in [1.54, 1.807) is 0 Å². The van der Waals surface area contributed by atoms with Gasteiger partial charge in [-0.05, 0) is 44.4 Å². The average Bonchev–Trinajstić information content (AvgIpc) is 3.27. The topological polar surface area (TPSA) is 57.1 Å². The first-order valence-corrected chi connectivity index (χ1v) is 8.48. The van der Waals surface area contributed by atoms with Crippen molar-refractivity contribution in [2.45, 2.75) is 45.6 Å². The summed E-state index contributed by atoms with van der Waals surface area (Å²) < 4.78 is 5.52. The molecule has 1 saturated heterocycles. The van der Waals surface area contributed by atoms with Gasteiger partial charge < -0.3 is 20.1 Å².